The van der Waals surface area contributed by atoms with E-state index < -0.39 is 14.9 Å². The van der Waals surface area contributed by atoms with Crippen molar-refractivity contribution in [1.29, 1.82) is 0 Å². The molecule has 0 saturated carbocycles. The minimum Gasteiger partial charge on any atom is -0.384 e. The smallest absolute Gasteiger partial charge is 0.270 e. The van der Waals surface area contributed by atoms with Crippen molar-refractivity contribution < 1.29 is 13.3 Å². The summed E-state index contributed by atoms with van der Waals surface area (Å²) in [5, 5.41) is 14.4. The number of nitro benzene ring substituents is 1. The SMILES string of the molecule is O=[N+]([O-])c1ccc(NCCCCCCCN2CCCC2)c(S(=O)(=O)N2CCCC2)c1. The molecule has 1 N–H and O–H groups in total. The maximum atomic E-state index is 13.0. The van der Waals surface area contributed by atoms with Gasteiger partial charge in [-0.3, -0.25) is 10.1 Å². The minimum atomic E-state index is -3.73. The number of rotatable bonds is 12. The number of nitro groups is 1. The standard InChI is InChI=1S/C21H34N4O4S/c26-25(27)19-10-11-20(21(18-19)30(28,29)24-16-8-9-17-24)22-12-4-2-1-3-5-13-23-14-6-7-15-23/h10-11,18,22H,1-9,12-17H2. The summed E-state index contributed by atoms with van der Waals surface area (Å²) in [5.41, 5.74) is 0.262. The van der Waals surface area contributed by atoms with E-state index in [0.717, 1.165) is 25.7 Å². The van der Waals surface area contributed by atoms with Crippen LogP contribution in [0.3, 0.4) is 0 Å². The molecular formula is C21H34N4O4S. The summed E-state index contributed by atoms with van der Waals surface area (Å²) in [6.07, 6.45) is 10.0. The van der Waals surface area contributed by atoms with Crippen molar-refractivity contribution in [2.24, 2.45) is 0 Å². The molecule has 168 valence electrons. The van der Waals surface area contributed by atoms with Gasteiger partial charge in [-0.1, -0.05) is 19.3 Å². The van der Waals surface area contributed by atoms with Gasteiger partial charge in [0.05, 0.1) is 10.6 Å². The Kier molecular flexibility index (Phi) is 8.47. The van der Waals surface area contributed by atoms with E-state index in [9.17, 15) is 18.5 Å². The van der Waals surface area contributed by atoms with E-state index in [2.05, 4.69) is 10.2 Å². The van der Waals surface area contributed by atoms with Gasteiger partial charge in [0.15, 0.2) is 0 Å². The second kappa shape index (κ2) is 11.1. The summed E-state index contributed by atoms with van der Waals surface area (Å²) in [5.74, 6) is 0. The van der Waals surface area contributed by atoms with Gasteiger partial charge in [0.1, 0.15) is 4.90 Å². The van der Waals surface area contributed by atoms with Crippen LogP contribution in [0, 0.1) is 10.1 Å². The molecule has 2 heterocycles. The highest BCUT2D eigenvalue weighted by atomic mass is 32.2. The van der Waals surface area contributed by atoms with Crippen LogP contribution < -0.4 is 5.32 Å². The van der Waals surface area contributed by atoms with Gasteiger partial charge in [-0.05, 0) is 64.2 Å². The molecule has 0 amide bonds. The van der Waals surface area contributed by atoms with E-state index >= 15 is 0 Å². The van der Waals surface area contributed by atoms with Crippen molar-refractivity contribution in [2.75, 3.05) is 44.6 Å². The summed E-state index contributed by atoms with van der Waals surface area (Å²) < 4.78 is 27.4. The zero-order valence-electron chi connectivity index (χ0n) is 17.7. The predicted octanol–water partition coefficient (Wildman–Crippen LogP) is 3.84. The Morgan fingerprint density at radius 1 is 0.933 bits per heavy atom. The molecule has 8 nitrogen and oxygen atoms in total. The number of non-ortho nitro benzene ring substituents is 1. The Hall–Kier alpha value is -1.71. The highest BCUT2D eigenvalue weighted by Crippen LogP contribution is 2.30. The summed E-state index contributed by atoms with van der Waals surface area (Å²) in [6.45, 7) is 5.32. The second-order valence-corrected chi connectivity index (χ2v) is 10.2. The lowest BCUT2D eigenvalue weighted by Gasteiger charge is -2.18. The van der Waals surface area contributed by atoms with E-state index in [-0.39, 0.29) is 10.6 Å². The van der Waals surface area contributed by atoms with Crippen LogP contribution in [0.1, 0.15) is 57.8 Å². The van der Waals surface area contributed by atoms with Crippen molar-refractivity contribution in [3.8, 4) is 0 Å². The number of hydrogen-bond donors (Lipinski definition) is 1. The van der Waals surface area contributed by atoms with E-state index in [4.69, 9.17) is 0 Å². The molecule has 3 rings (SSSR count). The van der Waals surface area contributed by atoms with Gasteiger partial charge in [-0.25, -0.2) is 8.42 Å². The zero-order valence-corrected chi connectivity index (χ0v) is 18.5. The molecule has 9 heteroatoms. The molecule has 30 heavy (non-hydrogen) atoms. The minimum absolute atomic E-state index is 0.0178. The predicted molar refractivity (Wildman–Crippen MR) is 118 cm³/mol. The number of unbranched alkanes of at least 4 members (excludes halogenated alkanes) is 4. The maximum absolute atomic E-state index is 13.0. The molecule has 2 saturated heterocycles. The van der Waals surface area contributed by atoms with E-state index in [1.807, 2.05) is 0 Å². The normalized spacial score (nSPS) is 18.1. The van der Waals surface area contributed by atoms with E-state index in [1.165, 1.54) is 74.2 Å². The summed E-state index contributed by atoms with van der Waals surface area (Å²) >= 11 is 0. The van der Waals surface area contributed by atoms with E-state index in [0.29, 0.717) is 25.3 Å². The molecule has 0 aromatic heterocycles. The van der Waals surface area contributed by atoms with Gasteiger partial charge in [0.25, 0.3) is 5.69 Å². The molecule has 0 radical (unpaired) electrons. The highest BCUT2D eigenvalue weighted by molar-refractivity contribution is 7.89. The number of nitrogens with zero attached hydrogens (tertiary/aromatic N) is 3. The first kappa shape index (κ1) is 23.0. The molecule has 0 aliphatic carbocycles. The first-order valence-electron chi connectivity index (χ1n) is 11.2. The molecule has 2 fully saturated rings. The molecule has 0 unspecified atom stereocenters. The lowest BCUT2D eigenvalue weighted by molar-refractivity contribution is -0.385. The lowest BCUT2D eigenvalue weighted by atomic mass is 10.1. The van der Waals surface area contributed by atoms with E-state index in [1.54, 1.807) is 0 Å². The Labute approximate surface area is 179 Å². The Morgan fingerprint density at radius 3 is 2.27 bits per heavy atom. The first-order valence-corrected chi connectivity index (χ1v) is 12.7. The number of hydrogen-bond acceptors (Lipinski definition) is 6. The summed E-state index contributed by atoms with van der Waals surface area (Å²) in [4.78, 5) is 13.2. The fourth-order valence-electron chi connectivity index (χ4n) is 4.27. The van der Waals surface area contributed by atoms with Crippen LogP contribution in [0.2, 0.25) is 0 Å². The Bertz CT molecular complexity index is 803. The third kappa shape index (κ3) is 6.15. The monoisotopic (exact) mass is 438 g/mol. The number of nitrogens with one attached hydrogen (secondary N) is 1. The van der Waals surface area contributed by atoms with Crippen LogP contribution in [0.4, 0.5) is 11.4 Å². The van der Waals surface area contributed by atoms with Crippen LogP contribution in [0.25, 0.3) is 0 Å². The summed E-state index contributed by atoms with van der Waals surface area (Å²) in [6, 6.07) is 4.08. The zero-order chi connectivity index (χ0) is 21.4. The molecular weight excluding hydrogens is 404 g/mol. The fourth-order valence-corrected chi connectivity index (χ4v) is 5.98. The number of sulfonamides is 1. The molecule has 0 atom stereocenters. The first-order chi connectivity index (χ1) is 14.5. The van der Waals surface area contributed by atoms with Gasteiger partial charge < -0.3 is 10.2 Å². The molecule has 0 bridgehead atoms. The average Bonchev–Trinajstić information content (AvgIpc) is 3.44. The Balaban J connectivity index is 1.49. The number of anilines is 1. The van der Waals surface area contributed by atoms with Crippen LogP contribution in [-0.2, 0) is 10.0 Å². The summed E-state index contributed by atoms with van der Waals surface area (Å²) in [7, 11) is -3.73. The van der Waals surface area contributed by atoms with Crippen LogP contribution >= 0.6 is 0 Å². The van der Waals surface area contributed by atoms with Gasteiger partial charge in [-0.15, -0.1) is 0 Å². The van der Waals surface area contributed by atoms with Crippen molar-refractivity contribution >= 4 is 21.4 Å². The lowest BCUT2D eigenvalue weighted by Crippen LogP contribution is -2.28. The molecule has 1 aromatic carbocycles. The second-order valence-electron chi connectivity index (χ2n) is 8.29. The highest BCUT2D eigenvalue weighted by Gasteiger charge is 2.30. The maximum Gasteiger partial charge on any atom is 0.270 e. The molecule has 0 spiro atoms. The molecule has 1 aromatic rings. The van der Waals surface area contributed by atoms with Crippen molar-refractivity contribution in [3.05, 3.63) is 28.3 Å². The van der Waals surface area contributed by atoms with Crippen molar-refractivity contribution in [1.82, 2.24) is 9.21 Å². The molecule has 2 aliphatic heterocycles. The quantitative estimate of drug-likeness (QED) is 0.303. The Morgan fingerprint density at radius 2 is 1.57 bits per heavy atom. The van der Waals surface area contributed by atoms with Crippen molar-refractivity contribution in [3.63, 3.8) is 0 Å². The number of benzene rings is 1. The van der Waals surface area contributed by atoms with Crippen LogP contribution in [-0.4, -0.2) is 61.8 Å². The third-order valence-electron chi connectivity index (χ3n) is 6.02. The van der Waals surface area contributed by atoms with Crippen LogP contribution in [0.5, 0.6) is 0 Å². The van der Waals surface area contributed by atoms with Crippen molar-refractivity contribution in [2.45, 2.75) is 62.7 Å². The van der Waals surface area contributed by atoms with Crippen LogP contribution in [0.15, 0.2) is 23.1 Å². The topological polar surface area (TPSA) is 95.8 Å². The molecule has 2 aliphatic rings. The van der Waals surface area contributed by atoms with Gasteiger partial charge in [0, 0.05) is 31.8 Å². The van der Waals surface area contributed by atoms with Gasteiger partial charge in [0.2, 0.25) is 10.0 Å². The number of likely N-dealkylation sites (tertiary alicyclic amines) is 1. The largest absolute Gasteiger partial charge is 0.384 e. The fraction of sp³-hybridized carbons (Fsp3) is 0.714. The van der Waals surface area contributed by atoms with Gasteiger partial charge in [-0.2, -0.15) is 4.31 Å². The third-order valence-corrected chi connectivity index (χ3v) is 7.96. The van der Waals surface area contributed by atoms with Gasteiger partial charge >= 0.3 is 0 Å². The average molecular weight is 439 g/mol.